The Morgan fingerprint density at radius 1 is 1.06 bits per heavy atom. The third kappa shape index (κ3) is 2.97. The van der Waals surface area contributed by atoms with Crippen LogP contribution in [-0.4, -0.2) is 43.6 Å². The van der Waals surface area contributed by atoms with Gasteiger partial charge in [0.25, 0.3) is 0 Å². The van der Waals surface area contributed by atoms with Crippen molar-refractivity contribution in [2.75, 3.05) is 13.2 Å². The highest BCUT2D eigenvalue weighted by Gasteiger charge is 2.40. The Hall–Kier alpha value is -2.83. The number of aromatic amines is 1. The lowest BCUT2D eigenvalue weighted by Crippen LogP contribution is -2.46. The number of fused-ring (bicyclic) bond motifs is 2. The molecule has 0 radical (unpaired) electrons. The first-order chi connectivity index (χ1) is 15.7. The fraction of sp³-hybridized carbons (Fsp3) is 0.423. The molecule has 0 atom stereocenters. The highest BCUT2D eigenvalue weighted by atomic mass is 16.5. The molecule has 0 bridgehead atoms. The summed E-state index contributed by atoms with van der Waals surface area (Å²) in [7, 11) is 0. The van der Waals surface area contributed by atoms with E-state index < -0.39 is 5.60 Å². The summed E-state index contributed by atoms with van der Waals surface area (Å²) in [6.45, 7) is 0.234. The number of nitrogens with one attached hydrogen (secondary N) is 1. The first-order valence-corrected chi connectivity index (χ1v) is 11.7. The van der Waals surface area contributed by atoms with Crippen LogP contribution in [0.15, 0.2) is 48.8 Å². The molecule has 2 aliphatic carbocycles. The number of pyridine rings is 1. The summed E-state index contributed by atoms with van der Waals surface area (Å²) in [5.41, 5.74) is 3.70. The second-order valence-electron chi connectivity index (χ2n) is 9.56. The van der Waals surface area contributed by atoms with Crippen LogP contribution in [0.25, 0.3) is 33.2 Å². The Morgan fingerprint density at radius 2 is 1.91 bits per heavy atom. The van der Waals surface area contributed by atoms with Crippen LogP contribution in [0.2, 0.25) is 0 Å². The molecule has 166 valence electrons. The van der Waals surface area contributed by atoms with E-state index in [1.807, 2.05) is 12.1 Å². The van der Waals surface area contributed by atoms with E-state index in [9.17, 15) is 10.2 Å². The molecule has 0 unspecified atom stereocenters. The summed E-state index contributed by atoms with van der Waals surface area (Å²) in [5.74, 6) is 0.796. The lowest BCUT2D eigenvalue weighted by Gasteiger charge is -2.44. The van der Waals surface area contributed by atoms with Gasteiger partial charge in [0.15, 0.2) is 0 Å². The fourth-order valence-corrected chi connectivity index (χ4v) is 5.50. The Balaban J connectivity index is 1.51. The normalized spacial score (nSPS) is 19.1. The molecular formula is C26H29N3O3. The van der Waals surface area contributed by atoms with Gasteiger partial charge in [-0.15, -0.1) is 0 Å². The van der Waals surface area contributed by atoms with Crippen molar-refractivity contribution in [1.29, 1.82) is 0 Å². The van der Waals surface area contributed by atoms with Crippen molar-refractivity contribution in [3.05, 3.63) is 48.8 Å². The molecule has 0 saturated heterocycles. The molecule has 3 heterocycles. The topological polar surface area (TPSA) is 83.3 Å². The zero-order chi connectivity index (χ0) is 21.8. The van der Waals surface area contributed by atoms with Crippen molar-refractivity contribution in [2.45, 2.75) is 56.1 Å². The molecule has 0 aliphatic heterocycles. The minimum absolute atomic E-state index is 0.0296. The number of H-pyrrole nitrogens is 1. The van der Waals surface area contributed by atoms with Gasteiger partial charge < -0.3 is 24.5 Å². The largest absolute Gasteiger partial charge is 0.485 e. The monoisotopic (exact) mass is 431 g/mol. The van der Waals surface area contributed by atoms with Crippen LogP contribution in [0.1, 0.15) is 44.9 Å². The lowest BCUT2D eigenvalue weighted by molar-refractivity contribution is -0.0514. The highest BCUT2D eigenvalue weighted by molar-refractivity contribution is 5.98. The van der Waals surface area contributed by atoms with Crippen LogP contribution >= 0.6 is 0 Å². The number of hydrogen-bond donors (Lipinski definition) is 3. The first kappa shape index (κ1) is 19.8. The third-order valence-electron chi connectivity index (χ3n) is 7.72. The maximum absolute atomic E-state index is 9.87. The maximum atomic E-state index is 9.87. The van der Waals surface area contributed by atoms with Crippen LogP contribution in [-0.2, 0) is 5.54 Å². The molecule has 6 rings (SSSR count). The number of ether oxygens (including phenoxy) is 1. The standard InChI is InChI=1S/C26H29N3O3/c30-13-11-25(7-2-8-25)29-16-21(22-14-18-4-1-12-27-24(18)28-22)20-15-19(5-6-23(20)29)32-26(17-31)9-3-10-26/h1,4-6,12,14-16,30-31H,2-3,7-11,13,17H2,(H,27,28). The summed E-state index contributed by atoms with van der Waals surface area (Å²) in [5, 5.41) is 21.8. The van der Waals surface area contributed by atoms with Crippen molar-refractivity contribution in [2.24, 2.45) is 0 Å². The zero-order valence-electron chi connectivity index (χ0n) is 18.2. The molecule has 0 amide bonds. The molecule has 6 heteroatoms. The van der Waals surface area contributed by atoms with E-state index in [1.165, 1.54) is 6.42 Å². The van der Waals surface area contributed by atoms with Gasteiger partial charge in [0.05, 0.1) is 6.61 Å². The van der Waals surface area contributed by atoms with Crippen LogP contribution in [0.4, 0.5) is 0 Å². The smallest absolute Gasteiger partial charge is 0.137 e. The van der Waals surface area contributed by atoms with Gasteiger partial charge in [0.1, 0.15) is 17.0 Å². The van der Waals surface area contributed by atoms with Gasteiger partial charge in [-0.2, -0.15) is 0 Å². The SMILES string of the molecule is OCCC1(n2cc(-c3cc4cccnc4[nH]3)c3cc(OC4(CO)CCC4)ccc32)CCC1. The quantitative estimate of drug-likeness (QED) is 0.395. The molecule has 0 spiro atoms. The van der Waals surface area contributed by atoms with Crippen LogP contribution in [0, 0.1) is 0 Å². The van der Waals surface area contributed by atoms with Gasteiger partial charge in [-0.05, 0) is 81.3 Å². The molecular weight excluding hydrogens is 402 g/mol. The summed E-state index contributed by atoms with van der Waals surface area (Å²) >= 11 is 0. The van der Waals surface area contributed by atoms with Crippen molar-refractivity contribution < 1.29 is 14.9 Å². The van der Waals surface area contributed by atoms with Crippen LogP contribution in [0.5, 0.6) is 5.75 Å². The van der Waals surface area contributed by atoms with Gasteiger partial charge >= 0.3 is 0 Å². The van der Waals surface area contributed by atoms with E-state index in [2.05, 4.69) is 45.0 Å². The molecule has 3 aromatic heterocycles. The van der Waals surface area contributed by atoms with Gasteiger partial charge in [-0.1, -0.05) is 0 Å². The summed E-state index contributed by atoms with van der Waals surface area (Å²) in [6.07, 6.45) is 11.0. The summed E-state index contributed by atoms with van der Waals surface area (Å²) in [6, 6.07) is 12.4. The summed E-state index contributed by atoms with van der Waals surface area (Å²) in [4.78, 5) is 7.95. The third-order valence-corrected chi connectivity index (χ3v) is 7.72. The van der Waals surface area contributed by atoms with Crippen molar-refractivity contribution in [3.63, 3.8) is 0 Å². The predicted molar refractivity (Wildman–Crippen MR) is 125 cm³/mol. The van der Waals surface area contributed by atoms with Crippen LogP contribution < -0.4 is 4.74 Å². The molecule has 1 aromatic carbocycles. The Kier molecular flexibility index (Phi) is 4.56. The maximum Gasteiger partial charge on any atom is 0.137 e. The Bertz CT molecular complexity index is 1240. The highest BCUT2D eigenvalue weighted by Crippen LogP contribution is 2.47. The Labute approximate surface area is 186 Å². The van der Waals surface area contributed by atoms with E-state index >= 15 is 0 Å². The van der Waals surface area contributed by atoms with E-state index in [0.717, 1.165) is 77.5 Å². The van der Waals surface area contributed by atoms with Crippen molar-refractivity contribution in [3.8, 4) is 17.0 Å². The van der Waals surface area contributed by atoms with Gasteiger partial charge in [0.2, 0.25) is 0 Å². The van der Waals surface area contributed by atoms with Gasteiger partial charge in [0, 0.05) is 52.1 Å². The van der Waals surface area contributed by atoms with Crippen molar-refractivity contribution >= 4 is 21.9 Å². The molecule has 2 aliphatic rings. The number of aromatic nitrogens is 3. The second-order valence-corrected chi connectivity index (χ2v) is 9.56. The van der Waals surface area contributed by atoms with Crippen LogP contribution in [0.3, 0.4) is 0 Å². The number of hydrogen-bond acceptors (Lipinski definition) is 4. The lowest BCUT2D eigenvalue weighted by atomic mass is 9.74. The number of benzene rings is 1. The number of nitrogens with zero attached hydrogens (tertiary/aromatic N) is 2. The van der Waals surface area contributed by atoms with E-state index in [4.69, 9.17) is 4.74 Å². The van der Waals surface area contributed by atoms with Crippen molar-refractivity contribution in [1.82, 2.24) is 14.5 Å². The molecule has 3 N–H and O–H groups in total. The van der Waals surface area contributed by atoms with E-state index in [1.54, 1.807) is 6.20 Å². The number of aliphatic hydroxyl groups is 2. The average molecular weight is 432 g/mol. The predicted octanol–water partition coefficient (Wildman–Crippen LogP) is 4.74. The molecule has 4 aromatic rings. The minimum Gasteiger partial charge on any atom is -0.485 e. The minimum atomic E-state index is -0.437. The van der Waals surface area contributed by atoms with Gasteiger partial charge in [-0.3, -0.25) is 0 Å². The molecule has 2 fully saturated rings. The Morgan fingerprint density at radius 3 is 2.56 bits per heavy atom. The molecule has 6 nitrogen and oxygen atoms in total. The number of aliphatic hydroxyl groups excluding tert-OH is 2. The molecule has 32 heavy (non-hydrogen) atoms. The number of rotatable bonds is 7. The van der Waals surface area contributed by atoms with E-state index in [0.29, 0.717) is 0 Å². The first-order valence-electron chi connectivity index (χ1n) is 11.7. The molecule has 2 saturated carbocycles. The van der Waals surface area contributed by atoms with E-state index in [-0.39, 0.29) is 18.8 Å². The van der Waals surface area contributed by atoms with Gasteiger partial charge in [-0.25, -0.2) is 4.98 Å². The fourth-order valence-electron chi connectivity index (χ4n) is 5.50. The average Bonchev–Trinajstić information content (AvgIpc) is 3.34. The second kappa shape index (κ2) is 7.36. The zero-order valence-corrected chi connectivity index (χ0v) is 18.2. The summed E-state index contributed by atoms with van der Waals surface area (Å²) < 4.78 is 8.69.